The van der Waals surface area contributed by atoms with Crippen LogP contribution in [0.2, 0.25) is 0 Å². The molecule has 0 fully saturated rings. The first-order valence-corrected chi connectivity index (χ1v) is 27.4. The molecule has 0 radical (unpaired) electrons. The molecule has 1 N–H and O–H groups in total. The molecule has 0 spiro atoms. The van der Waals surface area contributed by atoms with Crippen LogP contribution in [0.15, 0.2) is 94.4 Å². The van der Waals surface area contributed by atoms with Crippen LogP contribution in [-0.2, 0) is 74.4 Å². The van der Waals surface area contributed by atoms with Crippen molar-refractivity contribution in [1.82, 2.24) is 0 Å². The van der Waals surface area contributed by atoms with Crippen molar-refractivity contribution < 1.29 is 81.8 Å². The van der Waals surface area contributed by atoms with Gasteiger partial charge in [-0.05, 0) is 87.9 Å². The van der Waals surface area contributed by atoms with Crippen molar-refractivity contribution in [3.05, 3.63) is 95.8 Å². The van der Waals surface area contributed by atoms with E-state index in [4.69, 9.17) is 33.5 Å². The van der Waals surface area contributed by atoms with E-state index >= 15 is 0 Å². The number of carboxylic acids is 1. The molecule has 4 rings (SSSR count). The van der Waals surface area contributed by atoms with E-state index in [0.717, 1.165) is 11.4 Å². The molecule has 390 valence electrons. The van der Waals surface area contributed by atoms with Crippen LogP contribution in [0.25, 0.3) is 0 Å². The quantitative estimate of drug-likeness (QED) is 0.0422. The number of rotatable bonds is 34. The van der Waals surface area contributed by atoms with Gasteiger partial charge in [-0.3, -0.25) is 4.79 Å². The Balaban J connectivity index is 1.60. The molecule has 19 nitrogen and oxygen atoms in total. The highest BCUT2D eigenvalue weighted by atomic mass is 32.2. The van der Waals surface area contributed by atoms with Gasteiger partial charge in [-0.15, -0.1) is 0 Å². The molecule has 0 aromatic heterocycles. The molecule has 2 aliphatic heterocycles. The minimum absolute atomic E-state index is 0.0385. The molecule has 0 amide bonds. The van der Waals surface area contributed by atoms with Crippen molar-refractivity contribution in [1.29, 1.82) is 0 Å². The molecule has 0 saturated carbocycles. The van der Waals surface area contributed by atoms with Gasteiger partial charge in [-0.25, -0.2) is 25.3 Å². The highest BCUT2D eigenvalue weighted by molar-refractivity contribution is 7.86. The number of nitrogens with zero attached hydrogens (tertiary/aromatic N) is 2. The maximum absolute atomic E-state index is 12.2. The number of carboxylic acid groups (broad SMARTS) is 1. The van der Waals surface area contributed by atoms with E-state index in [-0.39, 0.29) is 43.9 Å². The fourth-order valence-electron chi connectivity index (χ4n) is 8.56. The van der Waals surface area contributed by atoms with Gasteiger partial charge in [0.25, 0.3) is 0 Å². The maximum atomic E-state index is 12.2. The molecule has 2 aromatic carbocycles. The summed E-state index contributed by atoms with van der Waals surface area (Å²) in [6.07, 6.45) is 14.9. The number of aliphatic carboxylic acids is 1. The predicted molar refractivity (Wildman–Crippen MR) is 258 cm³/mol. The van der Waals surface area contributed by atoms with Gasteiger partial charge in [0.05, 0.1) is 78.2 Å². The molecule has 0 saturated heterocycles. The smallest absolute Gasteiger partial charge is 0.303 e. The highest BCUT2D eigenvalue weighted by Crippen LogP contribution is 2.51. The fraction of sp³-hybridized carbons (Fsp3) is 0.542. The number of allylic oxidation sites excluding steroid dienone is 8. The summed E-state index contributed by atoms with van der Waals surface area (Å²) in [7, 11) is -11.1. The molecule has 2 unspecified atom stereocenters. The average molecular weight is 1040 g/mol. The summed E-state index contributed by atoms with van der Waals surface area (Å²) >= 11 is 0. The third-order valence-corrected chi connectivity index (χ3v) is 14.6. The van der Waals surface area contributed by atoms with E-state index in [1.165, 1.54) is 30.3 Å². The van der Waals surface area contributed by atoms with Crippen LogP contribution >= 0.6 is 0 Å². The van der Waals surface area contributed by atoms with Crippen LogP contribution in [0.4, 0.5) is 11.4 Å². The normalized spacial score (nSPS) is 19.2. The lowest BCUT2D eigenvalue weighted by atomic mass is 9.76. The van der Waals surface area contributed by atoms with Crippen molar-refractivity contribution in [3.63, 3.8) is 0 Å². The highest BCUT2D eigenvalue weighted by Gasteiger charge is 2.48. The third-order valence-electron chi connectivity index (χ3n) is 12.1. The van der Waals surface area contributed by atoms with E-state index < -0.39 is 57.8 Å². The van der Waals surface area contributed by atoms with E-state index in [9.17, 15) is 43.7 Å². The molecule has 2 atom stereocenters. The van der Waals surface area contributed by atoms with Gasteiger partial charge in [0.1, 0.15) is 26.8 Å². The molecule has 2 aromatic rings. The predicted octanol–water partition coefficient (Wildman–Crippen LogP) is 4.90. The van der Waals surface area contributed by atoms with Crippen LogP contribution in [0.1, 0.15) is 69.9 Å². The number of fused-ring (bicyclic) bond motifs is 2. The molecule has 70 heavy (non-hydrogen) atoms. The standard InChI is InChI=1S/C48H68N2O17S3/c1-47(21-13-35-68(53,54)55)40-36-38(69(56,57)58)18-20-43(40)50(24-26-64-29-30-66-33-34-67-32-31-65-28-27-63-4)44(47)14-9-6-5-7-10-15-45-48(2,22-25-62-3)41-37-39(70(59,60)61)17-19-42(41)49(45)23-12-8-11-16-46(51)52/h5-7,9-10,14-15,17-20,36-37H,8,11-13,16,21-35H2,1-4H3,(H3-,51,52,53,54,55,56,57,58,59,60,61)/p-2. The molecule has 22 heteroatoms. The van der Waals surface area contributed by atoms with Crippen LogP contribution in [0.3, 0.4) is 0 Å². The lowest BCUT2D eigenvalue weighted by Gasteiger charge is -2.30. The summed E-state index contributed by atoms with van der Waals surface area (Å²) in [5.74, 6) is -1.53. The lowest BCUT2D eigenvalue weighted by molar-refractivity contribution is -0.442. The number of hydrogen-bond donors (Lipinski definition) is 1. The first-order valence-electron chi connectivity index (χ1n) is 23.0. The number of hydrogen-bond acceptors (Lipinski definition) is 17. The minimum atomic E-state index is -4.87. The van der Waals surface area contributed by atoms with Crippen LogP contribution in [0.5, 0.6) is 0 Å². The monoisotopic (exact) mass is 1040 g/mol. The topological polar surface area (TPSA) is 271 Å². The largest absolute Gasteiger partial charge is 0.748 e. The zero-order chi connectivity index (χ0) is 51.4. The summed E-state index contributed by atoms with van der Waals surface area (Å²) in [6, 6.07) is 8.38. The van der Waals surface area contributed by atoms with E-state index in [1.807, 2.05) is 23.7 Å². The fourth-order valence-corrected chi connectivity index (χ4v) is 10.1. The third kappa shape index (κ3) is 17.3. The molecular formula is C48H66N2O17S3-2. The maximum Gasteiger partial charge on any atom is 0.303 e. The first-order chi connectivity index (χ1) is 33.2. The minimum Gasteiger partial charge on any atom is -0.748 e. The number of unbranched alkanes of at least 4 members (excludes halogenated alkanes) is 2. The zero-order valence-electron chi connectivity index (χ0n) is 40.2. The molecule has 2 aliphatic rings. The second kappa shape index (κ2) is 27.6. The second-order valence-corrected chi connectivity index (χ2v) is 21.3. The SMILES string of the molecule is COCCOCCOCCOCCOCC[N+]1=C(/C=C/C=C/C=C/C=C2/N(CCCCCC(=O)O)c3ccc(S(=O)(=O)[O-])cc3C2(C)CCOC)C(C)(CCCS(=O)(=O)[O-])c2cc(S(=O)(=O)[O-])ccc21. The second-order valence-electron chi connectivity index (χ2n) is 17.1. The summed E-state index contributed by atoms with van der Waals surface area (Å²) in [5.41, 5.74) is 2.07. The van der Waals surface area contributed by atoms with Gasteiger partial charge in [0.2, 0.25) is 5.69 Å². The molecule has 2 heterocycles. The van der Waals surface area contributed by atoms with E-state index in [2.05, 4.69) is 4.90 Å². The zero-order valence-corrected chi connectivity index (χ0v) is 42.7. The summed E-state index contributed by atoms with van der Waals surface area (Å²) in [5, 5.41) is 9.13. The number of ether oxygens (including phenoxy) is 6. The Morgan fingerprint density at radius 3 is 1.80 bits per heavy atom. The summed E-state index contributed by atoms with van der Waals surface area (Å²) in [4.78, 5) is 12.4. The van der Waals surface area contributed by atoms with Gasteiger partial charge in [-0.2, -0.15) is 4.58 Å². The first kappa shape index (κ1) is 58.4. The average Bonchev–Trinajstić information content (AvgIpc) is 3.66. The molecular weight excluding hydrogens is 973 g/mol. The lowest BCUT2D eigenvalue weighted by Crippen LogP contribution is -2.32. The van der Waals surface area contributed by atoms with Crippen molar-refractivity contribution in [3.8, 4) is 0 Å². The van der Waals surface area contributed by atoms with Gasteiger partial charge in [-0.1, -0.05) is 36.8 Å². The number of carbonyl (C=O) groups is 1. The van der Waals surface area contributed by atoms with Crippen LogP contribution in [0, 0.1) is 0 Å². The summed E-state index contributed by atoms with van der Waals surface area (Å²) in [6.45, 7) is 8.18. The van der Waals surface area contributed by atoms with Crippen molar-refractivity contribution >= 4 is 53.4 Å². The number of benzene rings is 2. The van der Waals surface area contributed by atoms with Crippen LogP contribution < -0.4 is 4.90 Å². The van der Waals surface area contributed by atoms with Gasteiger partial charge >= 0.3 is 5.97 Å². The molecule has 0 bridgehead atoms. The van der Waals surface area contributed by atoms with Gasteiger partial charge in [0, 0.05) is 74.1 Å². The Bertz CT molecular complexity index is 2560. The van der Waals surface area contributed by atoms with Gasteiger partial charge in [0.15, 0.2) is 12.3 Å². The van der Waals surface area contributed by atoms with E-state index in [0.29, 0.717) is 108 Å². The number of methoxy groups -OCH3 is 2. The van der Waals surface area contributed by atoms with Gasteiger partial charge < -0.3 is 52.1 Å². The summed E-state index contributed by atoms with van der Waals surface area (Å²) < 4.78 is 143. The van der Waals surface area contributed by atoms with Crippen molar-refractivity contribution in [2.24, 2.45) is 0 Å². The number of anilines is 1. The van der Waals surface area contributed by atoms with E-state index in [1.54, 1.807) is 57.6 Å². The Kier molecular flexibility index (Phi) is 23.0. The Morgan fingerprint density at radius 1 is 0.657 bits per heavy atom. The van der Waals surface area contributed by atoms with Crippen LogP contribution in [-0.4, -0.2) is 159 Å². The molecule has 0 aliphatic carbocycles. The van der Waals surface area contributed by atoms with Crippen molar-refractivity contribution in [2.45, 2.75) is 79.4 Å². The Morgan fingerprint density at radius 2 is 1.21 bits per heavy atom. The Hall–Kier alpha value is -4.17. The van der Waals surface area contributed by atoms with Crippen molar-refractivity contribution in [2.75, 3.05) is 104 Å². The Labute approximate surface area is 412 Å².